The van der Waals surface area contributed by atoms with Gasteiger partial charge in [0.25, 0.3) is 0 Å². The lowest BCUT2D eigenvalue weighted by molar-refractivity contribution is 1.24. The summed E-state index contributed by atoms with van der Waals surface area (Å²) in [5.74, 6) is 2.23. The summed E-state index contributed by atoms with van der Waals surface area (Å²) in [7, 11) is 0. The van der Waals surface area contributed by atoms with Crippen LogP contribution >= 0.6 is 56.7 Å². The third-order valence-corrected chi connectivity index (χ3v) is 30.2. The number of fused-ring (bicyclic) bond motifs is 15. The van der Waals surface area contributed by atoms with Gasteiger partial charge in [-0.15, -0.1) is 56.7 Å². The smallest absolute Gasteiger partial charge is 0.161 e. The van der Waals surface area contributed by atoms with E-state index in [2.05, 4.69) is 431 Å². The first-order valence-electron chi connectivity index (χ1n) is 43.7. The average Bonchev–Trinajstić information content (AvgIpc) is 1.67. The summed E-state index contributed by atoms with van der Waals surface area (Å²) in [6, 6.07) is 159. The predicted molar refractivity (Wildman–Crippen MR) is 561 cm³/mol. The Hall–Kier alpha value is -15.7. The third-order valence-electron chi connectivity index (χ3n) is 24.6. The van der Waals surface area contributed by atoms with Crippen molar-refractivity contribution in [3.8, 4) is 146 Å². The van der Waals surface area contributed by atoms with Crippen molar-refractivity contribution in [3.05, 3.63) is 449 Å². The van der Waals surface area contributed by atoms with Crippen molar-refractivity contribution < 1.29 is 0 Å². The first kappa shape index (κ1) is 78.8. The van der Waals surface area contributed by atoms with Crippen LogP contribution in [0.2, 0.25) is 0 Å². The molecule has 26 aromatic rings. The summed E-state index contributed by atoms with van der Waals surface area (Å²) in [5, 5.41) is 12.2. The second-order valence-corrected chi connectivity index (χ2v) is 37.8. The molecule has 0 saturated heterocycles. The number of nitrogens with zero attached hydrogens (tertiary/aromatic N) is 6. The molecule has 0 radical (unpaired) electrons. The van der Waals surface area contributed by atoms with E-state index in [4.69, 9.17) is 29.9 Å². The predicted octanol–water partition coefficient (Wildman–Crippen LogP) is 34.9. The highest BCUT2D eigenvalue weighted by Gasteiger charge is 2.24. The maximum Gasteiger partial charge on any atom is 0.161 e. The summed E-state index contributed by atoms with van der Waals surface area (Å²) < 4.78 is 8.96. The van der Waals surface area contributed by atoms with Crippen LogP contribution in [0.3, 0.4) is 0 Å². The van der Waals surface area contributed by atoms with E-state index in [9.17, 15) is 0 Å². The Bertz CT molecular complexity index is 8820. The Labute approximate surface area is 776 Å². The monoisotopic (exact) mass is 1760 g/mol. The SMILES string of the molecule is c1ccc(-c2cccc(-c3ccc(-c4nc(-c5cccc(-c6ccccc6)c5)nc5sc6ccccc6c45)cc3)c2)cc1.c1ccc(-c2cccc(-c3nc(-c4ccc(-c5cccc6c5sc5ccccc56)cc4)c4c(n3)sc3ccccc34)c2)cc1.c1ccc(-c2cccc(-c3nc(-c4ccc(-c5cccc6sc7ccccc7c56)cc4)c4c(n3)sc3ccccc34)c2)cc1. The second-order valence-electron chi connectivity index (χ2n) is 32.6. The van der Waals surface area contributed by atoms with Crippen LogP contribution in [0.4, 0.5) is 0 Å². The Morgan fingerprint density at radius 2 is 0.382 bits per heavy atom. The van der Waals surface area contributed by atoms with Gasteiger partial charge >= 0.3 is 0 Å². The molecule has 0 aliphatic heterocycles. The Morgan fingerprint density at radius 3 is 0.763 bits per heavy atom. The number of benzene rings is 18. The zero-order chi connectivity index (χ0) is 86.7. The van der Waals surface area contributed by atoms with Gasteiger partial charge in [-0.25, -0.2) is 29.9 Å². The van der Waals surface area contributed by atoms with Gasteiger partial charge in [0.05, 0.1) is 17.1 Å². The standard InChI is InChI=1S/2C40H24N2S2.C40H26N2S/c1-2-10-25(11-3-1)28-12-8-13-29(24-28)39-41-37(36-33-15-5-7-19-35(33)44-40(36)42-39)27-22-20-26(21-23-27)30-16-9-17-32-31-14-4-6-18-34(31)43-38(30)32;1-2-10-25(11-3-1)28-12-8-13-29(24-28)39-41-38(37-32-15-5-7-18-34(32)44-40(37)42-39)27-22-20-26(21-23-27)30-16-9-19-35-36(30)31-14-4-6-17-33(31)43-35;1-3-11-27(12-4-1)31-15-9-16-32(25-31)29-21-23-30(24-22-29)38-37-35-19-7-8-20-36(35)43-40(37)42-39(41-38)34-18-10-17-33(26-34)28-13-5-2-6-14-28/h2*1-24H;1-26H. The Balaban J connectivity index is 0.000000109. The van der Waals surface area contributed by atoms with Gasteiger partial charge in [-0.2, -0.15) is 0 Å². The van der Waals surface area contributed by atoms with Crippen LogP contribution in [-0.2, 0) is 0 Å². The van der Waals surface area contributed by atoms with Crippen LogP contribution in [0.15, 0.2) is 449 Å². The molecule has 0 saturated carbocycles. The number of thiophene rings is 5. The van der Waals surface area contributed by atoms with Crippen LogP contribution in [-0.4, -0.2) is 29.9 Å². The minimum absolute atomic E-state index is 0.742. The highest BCUT2D eigenvalue weighted by atomic mass is 32.1. The summed E-state index contributed by atoms with van der Waals surface area (Å²) in [6.45, 7) is 0. The Kier molecular flexibility index (Phi) is 20.5. The number of aromatic nitrogens is 6. The zero-order valence-electron chi connectivity index (χ0n) is 70.4. The van der Waals surface area contributed by atoms with Gasteiger partial charge in [-0.3, -0.25) is 0 Å². The summed E-state index contributed by atoms with van der Waals surface area (Å²) in [6.07, 6.45) is 0. The van der Waals surface area contributed by atoms with Crippen molar-refractivity contribution in [2.45, 2.75) is 0 Å². The van der Waals surface area contributed by atoms with Crippen molar-refractivity contribution >= 4 is 158 Å². The lowest BCUT2D eigenvalue weighted by Crippen LogP contribution is -1.94. The van der Waals surface area contributed by atoms with Gasteiger partial charge in [0.15, 0.2) is 17.5 Å². The maximum absolute atomic E-state index is 5.28. The molecule has 0 aliphatic rings. The molecule has 0 N–H and O–H groups in total. The van der Waals surface area contributed by atoms with Gasteiger partial charge in [-0.05, 0) is 139 Å². The molecule has 8 aromatic heterocycles. The number of hydrogen-bond acceptors (Lipinski definition) is 11. The molecule has 614 valence electrons. The van der Waals surface area contributed by atoms with Crippen molar-refractivity contribution in [1.29, 1.82) is 0 Å². The van der Waals surface area contributed by atoms with E-state index in [1.54, 1.807) is 34.0 Å². The highest BCUT2D eigenvalue weighted by Crippen LogP contribution is 2.48. The molecule has 6 nitrogen and oxygen atoms in total. The molecular formula is C120H74N6S5. The minimum Gasteiger partial charge on any atom is -0.227 e. The molecule has 0 amide bonds. The quantitative estimate of drug-likeness (QED) is 0.114. The fourth-order valence-electron chi connectivity index (χ4n) is 18.2. The average molecular weight is 1760 g/mol. The van der Waals surface area contributed by atoms with E-state index in [0.717, 1.165) is 115 Å². The number of hydrogen-bond donors (Lipinski definition) is 0. The van der Waals surface area contributed by atoms with E-state index >= 15 is 0 Å². The van der Waals surface area contributed by atoms with Gasteiger partial charge < -0.3 is 0 Å². The van der Waals surface area contributed by atoms with Crippen molar-refractivity contribution in [3.63, 3.8) is 0 Å². The molecule has 0 bridgehead atoms. The largest absolute Gasteiger partial charge is 0.227 e. The van der Waals surface area contributed by atoms with E-state index in [1.807, 2.05) is 40.9 Å². The number of rotatable bonds is 13. The lowest BCUT2D eigenvalue weighted by Gasteiger charge is -2.10. The van der Waals surface area contributed by atoms with Crippen molar-refractivity contribution in [2.75, 3.05) is 0 Å². The van der Waals surface area contributed by atoms with E-state index in [0.29, 0.717) is 0 Å². The topological polar surface area (TPSA) is 77.3 Å². The summed E-state index contributed by atoms with van der Waals surface area (Å²) in [5.41, 5.74) is 26.0. The maximum atomic E-state index is 5.28. The van der Waals surface area contributed by atoms with Gasteiger partial charge in [-0.1, -0.05) is 388 Å². The molecule has 18 aromatic carbocycles. The van der Waals surface area contributed by atoms with Gasteiger partial charge in [0.1, 0.15) is 14.5 Å². The van der Waals surface area contributed by atoms with E-state index < -0.39 is 0 Å². The molecule has 0 aliphatic carbocycles. The first-order valence-corrected chi connectivity index (χ1v) is 47.8. The van der Waals surface area contributed by atoms with Crippen LogP contribution in [0.1, 0.15) is 0 Å². The van der Waals surface area contributed by atoms with Crippen LogP contribution in [0, 0.1) is 0 Å². The van der Waals surface area contributed by atoms with Gasteiger partial charge in [0.2, 0.25) is 0 Å². The van der Waals surface area contributed by atoms with Crippen molar-refractivity contribution in [2.24, 2.45) is 0 Å². The Morgan fingerprint density at radius 1 is 0.137 bits per heavy atom. The lowest BCUT2D eigenvalue weighted by atomic mass is 9.97. The van der Waals surface area contributed by atoms with E-state index in [1.165, 1.54) is 132 Å². The fraction of sp³-hybridized carbons (Fsp3) is 0. The first-order chi connectivity index (χ1) is 64.9. The summed E-state index contributed by atoms with van der Waals surface area (Å²) in [4.78, 5) is 34.2. The highest BCUT2D eigenvalue weighted by molar-refractivity contribution is 7.27. The molecule has 0 atom stereocenters. The molecule has 0 fully saturated rings. The molecule has 0 spiro atoms. The molecule has 26 rings (SSSR count). The van der Waals surface area contributed by atoms with Crippen LogP contribution < -0.4 is 0 Å². The van der Waals surface area contributed by atoms with Crippen LogP contribution in [0.25, 0.3) is 247 Å². The molecule has 0 unspecified atom stereocenters. The van der Waals surface area contributed by atoms with Crippen molar-refractivity contribution in [1.82, 2.24) is 29.9 Å². The summed E-state index contributed by atoms with van der Waals surface area (Å²) >= 11 is 8.92. The fourth-order valence-corrected chi connectivity index (χ4v) is 23.8. The third kappa shape index (κ3) is 15.1. The molecule has 11 heteroatoms. The zero-order valence-corrected chi connectivity index (χ0v) is 74.5. The van der Waals surface area contributed by atoms with Crippen LogP contribution in [0.5, 0.6) is 0 Å². The van der Waals surface area contributed by atoms with Gasteiger partial charge in [0, 0.05) is 120 Å². The molecular weight excluding hydrogens is 1690 g/mol. The van der Waals surface area contributed by atoms with E-state index in [-0.39, 0.29) is 0 Å². The molecule has 131 heavy (non-hydrogen) atoms. The molecule has 8 heterocycles. The normalized spacial score (nSPS) is 11.5. The minimum atomic E-state index is 0.742. The second kappa shape index (κ2) is 34.1.